The first-order chi connectivity index (χ1) is 12.2. The van der Waals surface area contributed by atoms with Crippen LogP contribution in [-0.4, -0.2) is 0 Å². The number of benzene rings is 1. The molecule has 2 fully saturated rings. The van der Waals surface area contributed by atoms with Crippen molar-refractivity contribution in [3.05, 3.63) is 34.9 Å². The Morgan fingerprint density at radius 2 is 1.32 bits per heavy atom. The highest BCUT2D eigenvalue weighted by Crippen LogP contribution is 2.42. The summed E-state index contributed by atoms with van der Waals surface area (Å²) >= 11 is 6.03. The molecular formula is C24H37Cl. The first-order valence-corrected chi connectivity index (χ1v) is 11.4. The summed E-state index contributed by atoms with van der Waals surface area (Å²) in [7, 11) is 0. The van der Waals surface area contributed by atoms with Gasteiger partial charge in [0.1, 0.15) is 0 Å². The number of rotatable bonds is 7. The number of hydrogen-bond acceptors (Lipinski definition) is 0. The van der Waals surface area contributed by atoms with E-state index in [9.17, 15) is 0 Å². The molecule has 0 unspecified atom stereocenters. The molecule has 2 aliphatic carbocycles. The molecule has 0 spiro atoms. The van der Waals surface area contributed by atoms with Crippen LogP contribution in [0.5, 0.6) is 0 Å². The standard InChI is InChI=1S/C24H37Cl/c1-2-3-4-5-19-6-8-20(9-7-19)18-21-10-12-22(13-11-21)23-14-16-24(25)17-15-23/h14-17,19-22H,2-13,18H2,1H3. The van der Waals surface area contributed by atoms with Gasteiger partial charge in [0, 0.05) is 5.02 Å². The second kappa shape index (κ2) is 10.0. The topological polar surface area (TPSA) is 0 Å². The molecule has 1 aromatic carbocycles. The predicted octanol–water partition coefficient (Wildman–Crippen LogP) is 8.39. The van der Waals surface area contributed by atoms with Crippen molar-refractivity contribution in [1.29, 1.82) is 0 Å². The fourth-order valence-electron chi connectivity index (χ4n) is 5.38. The van der Waals surface area contributed by atoms with Crippen LogP contribution in [0.2, 0.25) is 5.02 Å². The van der Waals surface area contributed by atoms with E-state index in [0.29, 0.717) is 0 Å². The Balaban J connectivity index is 1.35. The molecule has 25 heavy (non-hydrogen) atoms. The molecule has 0 amide bonds. The molecule has 0 aliphatic heterocycles. The fraction of sp³-hybridized carbons (Fsp3) is 0.750. The summed E-state index contributed by atoms with van der Waals surface area (Å²) in [4.78, 5) is 0. The van der Waals surface area contributed by atoms with Crippen LogP contribution in [-0.2, 0) is 0 Å². The zero-order chi connectivity index (χ0) is 17.5. The molecule has 0 aromatic heterocycles. The minimum atomic E-state index is 0.780. The molecule has 3 rings (SSSR count). The van der Waals surface area contributed by atoms with Gasteiger partial charge in [-0.1, -0.05) is 82.0 Å². The Morgan fingerprint density at radius 1 is 0.760 bits per heavy atom. The lowest BCUT2D eigenvalue weighted by atomic mass is 9.71. The maximum atomic E-state index is 6.03. The van der Waals surface area contributed by atoms with Gasteiger partial charge in [-0.2, -0.15) is 0 Å². The summed E-state index contributed by atoms with van der Waals surface area (Å²) in [5.74, 6) is 3.89. The van der Waals surface area contributed by atoms with Crippen LogP contribution < -0.4 is 0 Å². The van der Waals surface area contributed by atoms with Gasteiger partial charge in [-0.25, -0.2) is 0 Å². The van der Waals surface area contributed by atoms with Crippen molar-refractivity contribution in [3.63, 3.8) is 0 Å². The molecule has 0 saturated heterocycles. The highest BCUT2D eigenvalue weighted by molar-refractivity contribution is 6.30. The highest BCUT2D eigenvalue weighted by Gasteiger charge is 2.27. The average molecular weight is 361 g/mol. The van der Waals surface area contributed by atoms with E-state index in [2.05, 4.69) is 31.2 Å². The second-order valence-corrected chi connectivity index (χ2v) is 9.32. The van der Waals surface area contributed by atoms with Crippen LogP contribution in [0.4, 0.5) is 0 Å². The molecule has 2 saturated carbocycles. The van der Waals surface area contributed by atoms with E-state index in [4.69, 9.17) is 11.6 Å². The van der Waals surface area contributed by atoms with Crippen LogP contribution in [0.3, 0.4) is 0 Å². The Morgan fingerprint density at radius 3 is 1.92 bits per heavy atom. The molecule has 1 aromatic rings. The van der Waals surface area contributed by atoms with E-state index in [0.717, 1.165) is 28.7 Å². The monoisotopic (exact) mass is 360 g/mol. The summed E-state index contributed by atoms with van der Waals surface area (Å²) in [5.41, 5.74) is 1.51. The molecular weight excluding hydrogens is 324 g/mol. The lowest BCUT2D eigenvalue weighted by molar-refractivity contribution is 0.199. The molecule has 0 nitrogen and oxygen atoms in total. The van der Waals surface area contributed by atoms with Gasteiger partial charge in [-0.05, 0) is 73.5 Å². The molecule has 140 valence electrons. The molecule has 0 atom stereocenters. The van der Waals surface area contributed by atoms with Gasteiger partial charge in [-0.3, -0.25) is 0 Å². The van der Waals surface area contributed by atoms with E-state index < -0.39 is 0 Å². The Kier molecular flexibility index (Phi) is 7.71. The fourth-order valence-corrected chi connectivity index (χ4v) is 5.50. The lowest BCUT2D eigenvalue weighted by Crippen LogP contribution is -2.20. The first-order valence-electron chi connectivity index (χ1n) is 11.0. The quantitative estimate of drug-likeness (QED) is 0.428. The van der Waals surface area contributed by atoms with Crippen molar-refractivity contribution >= 4 is 11.6 Å². The van der Waals surface area contributed by atoms with E-state index in [1.807, 2.05) is 0 Å². The van der Waals surface area contributed by atoms with E-state index in [1.165, 1.54) is 89.0 Å². The largest absolute Gasteiger partial charge is 0.0843 e. The number of unbranched alkanes of at least 4 members (excludes halogenated alkanes) is 2. The van der Waals surface area contributed by atoms with E-state index in [-0.39, 0.29) is 0 Å². The molecule has 0 radical (unpaired) electrons. The van der Waals surface area contributed by atoms with Gasteiger partial charge >= 0.3 is 0 Å². The summed E-state index contributed by atoms with van der Waals surface area (Å²) in [5, 5.41) is 0.864. The van der Waals surface area contributed by atoms with Gasteiger partial charge in [0.15, 0.2) is 0 Å². The van der Waals surface area contributed by atoms with Crippen molar-refractivity contribution in [2.75, 3.05) is 0 Å². The lowest BCUT2D eigenvalue weighted by Gasteiger charge is -2.34. The first kappa shape index (κ1) is 19.3. The van der Waals surface area contributed by atoms with Gasteiger partial charge in [-0.15, -0.1) is 0 Å². The zero-order valence-electron chi connectivity index (χ0n) is 16.2. The van der Waals surface area contributed by atoms with Crippen molar-refractivity contribution in [1.82, 2.24) is 0 Å². The van der Waals surface area contributed by atoms with Crippen molar-refractivity contribution in [2.45, 2.75) is 96.3 Å². The Bertz CT molecular complexity index is 475. The highest BCUT2D eigenvalue weighted by atomic mass is 35.5. The van der Waals surface area contributed by atoms with Crippen molar-refractivity contribution in [2.24, 2.45) is 17.8 Å². The third-order valence-corrected chi connectivity index (χ3v) is 7.29. The van der Waals surface area contributed by atoms with Crippen LogP contribution >= 0.6 is 11.6 Å². The van der Waals surface area contributed by atoms with E-state index >= 15 is 0 Å². The van der Waals surface area contributed by atoms with Gasteiger partial charge < -0.3 is 0 Å². The third-order valence-electron chi connectivity index (χ3n) is 7.04. The molecule has 0 N–H and O–H groups in total. The third kappa shape index (κ3) is 6.02. The summed E-state index contributed by atoms with van der Waals surface area (Å²) in [6.07, 6.45) is 19.1. The van der Waals surface area contributed by atoms with Gasteiger partial charge in [0.05, 0.1) is 0 Å². The Labute approximate surface area is 160 Å². The second-order valence-electron chi connectivity index (χ2n) is 8.89. The van der Waals surface area contributed by atoms with Crippen LogP contribution in [0, 0.1) is 17.8 Å². The SMILES string of the molecule is CCCCCC1CCC(CC2CCC(c3ccc(Cl)cc3)CC2)CC1. The minimum Gasteiger partial charge on any atom is -0.0843 e. The van der Waals surface area contributed by atoms with Gasteiger partial charge in [0.2, 0.25) is 0 Å². The molecule has 1 heteroatoms. The predicted molar refractivity (Wildman–Crippen MR) is 110 cm³/mol. The number of halogens is 1. The van der Waals surface area contributed by atoms with E-state index in [1.54, 1.807) is 0 Å². The van der Waals surface area contributed by atoms with Crippen LogP contribution in [0.25, 0.3) is 0 Å². The Hall–Kier alpha value is -0.490. The summed E-state index contributed by atoms with van der Waals surface area (Å²) < 4.78 is 0. The average Bonchev–Trinajstić information content (AvgIpc) is 2.65. The smallest absolute Gasteiger partial charge is 0.0406 e. The minimum absolute atomic E-state index is 0.780. The van der Waals surface area contributed by atoms with Crippen molar-refractivity contribution < 1.29 is 0 Å². The molecule has 0 heterocycles. The van der Waals surface area contributed by atoms with Crippen LogP contribution in [0.1, 0.15) is 102 Å². The maximum Gasteiger partial charge on any atom is 0.0406 e. The summed E-state index contributed by atoms with van der Waals surface area (Å²) in [6, 6.07) is 8.60. The zero-order valence-corrected chi connectivity index (χ0v) is 16.9. The van der Waals surface area contributed by atoms with Crippen LogP contribution in [0.15, 0.2) is 24.3 Å². The number of hydrogen-bond donors (Lipinski definition) is 0. The molecule has 0 bridgehead atoms. The molecule has 2 aliphatic rings. The summed E-state index contributed by atoms with van der Waals surface area (Å²) in [6.45, 7) is 2.32. The van der Waals surface area contributed by atoms with Crippen molar-refractivity contribution in [3.8, 4) is 0 Å². The maximum absolute atomic E-state index is 6.03. The normalized spacial score (nSPS) is 30.3. The van der Waals surface area contributed by atoms with Gasteiger partial charge in [0.25, 0.3) is 0 Å².